The molecular formula is C24H29ClN4O4. The number of ether oxygens (including phenoxy) is 1. The Bertz CT molecular complexity index is 981. The van der Waals surface area contributed by atoms with Crippen LogP contribution in [-0.2, 0) is 22.5 Å². The largest absolute Gasteiger partial charge is 0.444 e. The SMILES string of the molecule is CC(C)(C)OC(=O)N1CC(NC(=O)Cc2ccc(NC(=O)NCc3ccc(Cl)cc3)cc2)C1. The van der Waals surface area contributed by atoms with E-state index in [0.717, 1.165) is 11.1 Å². The molecule has 0 spiro atoms. The van der Waals surface area contributed by atoms with Gasteiger partial charge in [0.1, 0.15) is 5.60 Å². The summed E-state index contributed by atoms with van der Waals surface area (Å²) in [6, 6.07) is 13.9. The predicted octanol–water partition coefficient (Wildman–Crippen LogP) is 3.94. The van der Waals surface area contributed by atoms with E-state index in [1.165, 1.54) is 0 Å². The van der Waals surface area contributed by atoms with Crippen molar-refractivity contribution in [2.75, 3.05) is 18.4 Å². The number of carbonyl (C=O) groups is 3. The van der Waals surface area contributed by atoms with Gasteiger partial charge in [0.25, 0.3) is 0 Å². The fourth-order valence-corrected chi connectivity index (χ4v) is 3.30. The van der Waals surface area contributed by atoms with Crippen LogP contribution in [0.3, 0.4) is 0 Å². The maximum absolute atomic E-state index is 12.3. The quantitative estimate of drug-likeness (QED) is 0.592. The Morgan fingerprint density at radius 3 is 2.21 bits per heavy atom. The number of benzene rings is 2. The number of carbonyl (C=O) groups excluding carboxylic acids is 3. The zero-order chi connectivity index (χ0) is 24.0. The average molecular weight is 473 g/mol. The molecule has 1 heterocycles. The van der Waals surface area contributed by atoms with E-state index >= 15 is 0 Å². The van der Waals surface area contributed by atoms with Crippen LogP contribution in [0.4, 0.5) is 15.3 Å². The van der Waals surface area contributed by atoms with Crippen LogP contribution in [0, 0.1) is 0 Å². The van der Waals surface area contributed by atoms with Crippen LogP contribution in [0.15, 0.2) is 48.5 Å². The van der Waals surface area contributed by atoms with Gasteiger partial charge < -0.3 is 25.6 Å². The van der Waals surface area contributed by atoms with E-state index in [2.05, 4.69) is 16.0 Å². The van der Waals surface area contributed by atoms with Crippen molar-refractivity contribution in [3.8, 4) is 0 Å². The number of rotatable bonds is 6. The van der Waals surface area contributed by atoms with Crippen LogP contribution in [0.5, 0.6) is 0 Å². The van der Waals surface area contributed by atoms with E-state index in [4.69, 9.17) is 16.3 Å². The van der Waals surface area contributed by atoms with Crippen LogP contribution in [0.2, 0.25) is 5.02 Å². The molecule has 2 aromatic rings. The number of halogens is 1. The van der Waals surface area contributed by atoms with Gasteiger partial charge in [0, 0.05) is 30.3 Å². The number of likely N-dealkylation sites (tertiary alicyclic amines) is 1. The molecule has 1 saturated heterocycles. The monoisotopic (exact) mass is 472 g/mol. The van der Waals surface area contributed by atoms with Crippen molar-refractivity contribution in [1.82, 2.24) is 15.5 Å². The minimum absolute atomic E-state index is 0.0738. The van der Waals surface area contributed by atoms with E-state index in [1.54, 1.807) is 41.3 Å². The van der Waals surface area contributed by atoms with Gasteiger partial charge in [0.05, 0.1) is 12.5 Å². The fourth-order valence-electron chi connectivity index (χ4n) is 3.18. The Balaban J connectivity index is 1.37. The molecule has 2 aromatic carbocycles. The molecule has 8 nitrogen and oxygen atoms in total. The van der Waals surface area contributed by atoms with Crippen molar-refractivity contribution in [1.29, 1.82) is 0 Å². The Labute approximate surface area is 198 Å². The van der Waals surface area contributed by atoms with E-state index in [-0.39, 0.29) is 30.5 Å². The molecule has 0 aromatic heterocycles. The van der Waals surface area contributed by atoms with Crippen LogP contribution in [-0.4, -0.2) is 47.7 Å². The molecule has 1 aliphatic rings. The summed E-state index contributed by atoms with van der Waals surface area (Å²) in [5, 5.41) is 9.10. The van der Waals surface area contributed by atoms with Crippen molar-refractivity contribution < 1.29 is 19.1 Å². The topological polar surface area (TPSA) is 99.8 Å². The molecular weight excluding hydrogens is 444 g/mol. The molecule has 1 aliphatic heterocycles. The van der Waals surface area contributed by atoms with Crippen molar-refractivity contribution >= 4 is 35.3 Å². The Kier molecular flexibility index (Phi) is 7.81. The molecule has 176 valence electrons. The first-order chi connectivity index (χ1) is 15.6. The standard InChI is InChI=1S/C24H29ClN4O4/c1-24(2,3)33-23(32)29-14-20(15-29)27-21(30)12-16-6-10-19(11-7-16)28-22(31)26-13-17-4-8-18(25)9-5-17/h4-11,20H,12-15H2,1-3H3,(H,27,30)(H2,26,28,31). The minimum Gasteiger partial charge on any atom is -0.444 e. The van der Waals surface area contributed by atoms with Gasteiger partial charge in [-0.25, -0.2) is 9.59 Å². The van der Waals surface area contributed by atoms with E-state index in [0.29, 0.717) is 30.3 Å². The van der Waals surface area contributed by atoms with Gasteiger partial charge in [0.15, 0.2) is 0 Å². The summed E-state index contributed by atoms with van der Waals surface area (Å²) < 4.78 is 5.31. The lowest BCUT2D eigenvalue weighted by Crippen LogP contribution is -2.61. The summed E-state index contributed by atoms with van der Waals surface area (Å²) in [7, 11) is 0. The third kappa shape index (κ3) is 7.98. The lowest BCUT2D eigenvalue weighted by molar-refractivity contribution is -0.122. The summed E-state index contributed by atoms with van der Waals surface area (Å²) in [6.45, 7) is 6.72. The second kappa shape index (κ2) is 10.6. The first-order valence-corrected chi connectivity index (χ1v) is 11.1. The first kappa shape index (κ1) is 24.4. The normalized spacial score (nSPS) is 13.6. The molecule has 3 N–H and O–H groups in total. The zero-order valence-corrected chi connectivity index (χ0v) is 19.7. The molecule has 0 saturated carbocycles. The number of amides is 4. The van der Waals surface area contributed by atoms with E-state index in [1.807, 2.05) is 32.9 Å². The number of hydrogen-bond donors (Lipinski definition) is 3. The van der Waals surface area contributed by atoms with Gasteiger partial charge in [0.2, 0.25) is 5.91 Å². The van der Waals surface area contributed by atoms with Gasteiger partial charge in [-0.3, -0.25) is 4.79 Å². The molecule has 9 heteroatoms. The molecule has 3 rings (SSSR count). The number of hydrogen-bond acceptors (Lipinski definition) is 4. The summed E-state index contributed by atoms with van der Waals surface area (Å²) in [5.41, 5.74) is 1.85. The van der Waals surface area contributed by atoms with Crippen molar-refractivity contribution in [3.05, 3.63) is 64.7 Å². The summed E-state index contributed by atoms with van der Waals surface area (Å²) in [6.07, 6.45) is -0.153. The zero-order valence-electron chi connectivity index (χ0n) is 19.0. The Hall–Kier alpha value is -3.26. The molecule has 0 radical (unpaired) electrons. The number of urea groups is 1. The van der Waals surface area contributed by atoms with Crippen molar-refractivity contribution in [2.24, 2.45) is 0 Å². The van der Waals surface area contributed by atoms with Gasteiger partial charge in [-0.2, -0.15) is 0 Å². The smallest absolute Gasteiger partial charge is 0.410 e. The highest BCUT2D eigenvalue weighted by atomic mass is 35.5. The summed E-state index contributed by atoms with van der Waals surface area (Å²) >= 11 is 5.85. The summed E-state index contributed by atoms with van der Waals surface area (Å²) in [5.74, 6) is -0.120. The molecule has 4 amide bonds. The predicted molar refractivity (Wildman–Crippen MR) is 127 cm³/mol. The van der Waals surface area contributed by atoms with Gasteiger partial charge >= 0.3 is 12.1 Å². The fraction of sp³-hybridized carbons (Fsp3) is 0.375. The summed E-state index contributed by atoms with van der Waals surface area (Å²) in [4.78, 5) is 37.9. The van der Waals surface area contributed by atoms with Gasteiger partial charge in [-0.1, -0.05) is 35.9 Å². The highest BCUT2D eigenvalue weighted by Crippen LogP contribution is 2.16. The van der Waals surface area contributed by atoms with E-state index < -0.39 is 5.60 Å². The molecule has 0 unspecified atom stereocenters. The molecule has 0 bridgehead atoms. The third-order valence-corrected chi connectivity index (χ3v) is 5.09. The van der Waals surface area contributed by atoms with Gasteiger partial charge in [-0.15, -0.1) is 0 Å². The number of anilines is 1. The second-order valence-corrected chi connectivity index (χ2v) is 9.39. The molecule has 0 aliphatic carbocycles. The van der Waals surface area contributed by atoms with Crippen LogP contribution >= 0.6 is 11.6 Å². The van der Waals surface area contributed by atoms with E-state index in [9.17, 15) is 14.4 Å². The third-order valence-electron chi connectivity index (χ3n) is 4.84. The second-order valence-electron chi connectivity index (χ2n) is 8.96. The number of nitrogens with zero attached hydrogens (tertiary/aromatic N) is 1. The van der Waals surface area contributed by atoms with Gasteiger partial charge in [-0.05, 0) is 56.2 Å². The first-order valence-electron chi connectivity index (χ1n) is 10.7. The van der Waals surface area contributed by atoms with Crippen molar-refractivity contribution in [3.63, 3.8) is 0 Å². The Morgan fingerprint density at radius 2 is 1.61 bits per heavy atom. The average Bonchev–Trinajstić information content (AvgIpc) is 2.70. The molecule has 33 heavy (non-hydrogen) atoms. The maximum Gasteiger partial charge on any atom is 0.410 e. The Morgan fingerprint density at radius 1 is 1.00 bits per heavy atom. The lowest BCUT2D eigenvalue weighted by Gasteiger charge is -2.40. The molecule has 0 atom stereocenters. The van der Waals surface area contributed by atoms with Crippen LogP contribution in [0.1, 0.15) is 31.9 Å². The van der Waals surface area contributed by atoms with Crippen LogP contribution in [0.25, 0.3) is 0 Å². The highest BCUT2D eigenvalue weighted by Gasteiger charge is 2.34. The number of nitrogens with one attached hydrogen (secondary N) is 3. The van der Waals surface area contributed by atoms with Crippen LogP contribution < -0.4 is 16.0 Å². The highest BCUT2D eigenvalue weighted by molar-refractivity contribution is 6.30. The minimum atomic E-state index is -0.538. The lowest BCUT2D eigenvalue weighted by atomic mass is 10.1. The van der Waals surface area contributed by atoms with Crippen molar-refractivity contribution in [2.45, 2.75) is 45.4 Å². The molecule has 1 fully saturated rings. The maximum atomic E-state index is 12.3.